The normalized spacial score (nSPS) is 12.0. The predicted molar refractivity (Wildman–Crippen MR) is 137 cm³/mol. The molecule has 5 rings (SSSR count). The van der Waals surface area contributed by atoms with Gasteiger partial charge in [0.15, 0.2) is 9.84 Å². The molecule has 2 N–H and O–H groups in total. The van der Waals surface area contributed by atoms with E-state index in [1.807, 2.05) is 54.6 Å². The molecule has 0 spiro atoms. The van der Waals surface area contributed by atoms with Crippen molar-refractivity contribution >= 4 is 36.5 Å². The van der Waals surface area contributed by atoms with E-state index in [9.17, 15) is 16.8 Å². The number of benzene rings is 4. The Kier molecular flexibility index (Phi) is 5.66. The number of aromatic amines is 1. The second-order valence-electron chi connectivity index (χ2n) is 8.07. The number of sulfonamides is 1. The van der Waals surface area contributed by atoms with Gasteiger partial charge < -0.3 is 0 Å². The van der Waals surface area contributed by atoms with Gasteiger partial charge in [-0.05, 0) is 41.5 Å². The van der Waals surface area contributed by atoms with Crippen LogP contribution in [0.2, 0.25) is 0 Å². The van der Waals surface area contributed by atoms with E-state index in [1.54, 1.807) is 18.2 Å². The molecular formula is C26H21N3O4S2. The molecule has 9 heteroatoms. The molecule has 0 atom stereocenters. The van der Waals surface area contributed by atoms with E-state index < -0.39 is 19.9 Å². The average Bonchev–Trinajstić information content (AvgIpc) is 3.27. The largest absolute Gasteiger partial charge is 0.280 e. The third-order valence-corrected chi connectivity index (χ3v) is 8.34. The Labute approximate surface area is 203 Å². The topological polar surface area (TPSA) is 109 Å². The Balaban J connectivity index is 1.59. The molecule has 5 aromatic rings. The lowest BCUT2D eigenvalue weighted by atomic mass is 9.96. The van der Waals surface area contributed by atoms with Crippen LogP contribution in [0, 0.1) is 0 Å². The fraction of sp³-hybridized carbons (Fsp3) is 0.0385. The Hall–Kier alpha value is -3.95. The summed E-state index contributed by atoms with van der Waals surface area (Å²) < 4.78 is 53.1. The second-order valence-corrected chi connectivity index (χ2v) is 11.7. The highest BCUT2D eigenvalue weighted by atomic mass is 32.2. The number of nitrogens with zero attached hydrogens (tertiary/aromatic N) is 1. The molecule has 4 aromatic carbocycles. The summed E-state index contributed by atoms with van der Waals surface area (Å²) in [5, 5.41) is 8.25. The number of anilines is 1. The number of fused-ring (bicyclic) bond motifs is 1. The fourth-order valence-corrected chi connectivity index (χ4v) is 6.71. The van der Waals surface area contributed by atoms with Crippen molar-refractivity contribution in [2.24, 2.45) is 0 Å². The zero-order chi connectivity index (χ0) is 24.6. The number of hydrogen-bond acceptors (Lipinski definition) is 5. The summed E-state index contributed by atoms with van der Waals surface area (Å²) in [7, 11) is -7.91. The van der Waals surface area contributed by atoms with E-state index in [4.69, 9.17) is 0 Å². The molecule has 7 nitrogen and oxygen atoms in total. The maximum absolute atomic E-state index is 13.1. The van der Waals surface area contributed by atoms with E-state index in [2.05, 4.69) is 14.9 Å². The highest BCUT2D eigenvalue weighted by Crippen LogP contribution is 2.36. The average molecular weight is 504 g/mol. The van der Waals surface area contributed by atoms with Gasteiger partial charge in [-0.25, -0.2) is 16.8 Å². The summed E-state index contributed by atoms with van der Waals surface area (Å²) >= 11 is 0. The summed E-state index contributed by atoms with van der Waals surface area (Å²) in [5.74, 6) is 0. The van der Waals surface area contributed by atoms with Crippen LogP contribution in [0.1, 0.15) is 0 Å². The lowest BCUT2D eigenvalue weighted by Gasteiger charge is -2.12. The molecule has 0 aliphatic heterocycles. The highest BCUT2D eigenvalue weighted by Gasteiger charge is 2.24. The van der Waals surface area contributed by atoms with Crippen LogP contribution < -0.4 is 4.72 Å². The van der Waals surface area contributed by atoms with Gasteiger partial charge in [-0.3, -0.25) is 9.82 Å². The van der Waals surface area contributed by atoms with Crippen molar-refractivity contribution in [3.05, 3.63) is 97.1 Å². The number of sulfone groups is 1. The first-order valence-corrected chi connectivity index (χ1v) is 14.1. The molecule has 0 saturated heterocycles. The van der Waals surface area contributed by atoms with E-state index in [0.717, 1.165) is 33.8 Å². The number of H-pyrrole nitrogens is 1. The van der Waals surface area contributed by atoms with Gasteiger partial charge in [0.05, 0.1) is 10.4 Å². The monoisotopic (exact) mass is 503 g/mol. The fourth-order valence-electron chi connectivity index (χ4n) is 4.03. The van der Waals surface area contributed by atoms with E-state index in [0.29, 0.717) is 11.4 Å². The maximum atomic E-state index is 13.1. The molecule has 0 saturated carbocycles. The summed E-state index contributed by atoms with van der Waals surface area (Å²) in [5.41, 5.74) is 4.63. The smallest absolute Gasteiger partial charge is 0.263 e. The third kappa shape index (κ3) is 4.43. The van der Waals surface area contributed by atoms with Crippen LogP contribution in [0.25, 0.3) is 33.3 Å². The molecule has 1 heterocycles. The van der Waals surface area contributed by atoms with Gasteiger partial charge in [0.2, 0.25) is 0 Å². The molecular weight excluding hydrogens is 482 g/mol. The molecule has 176 valence electrons. The molecule has 1 aromatic heterocycles. The van der Waals surface area contributed by atoms with Crippen LogP contribution >= 0.6 is 0 Å². The van der Waals surface area contributed by atoms with Gasteiger partial charge in [0, 0.05) is 22.9 Å². The van der Waals surface area contributed by atoms with Gasteiger partial charge in [0.25, 0.3) is 10.0 Å². The minimum atomic E-state index is -4.17. The molecule has 0 bridgehead atoms. The summed E-state index contributed by atoms with van der Waals surface area (Å²) in [6.45, 7) is 0. The SMILES string of the molecule is CS(=O)(=O)c1ccccc1S(=O)(=O)Nc1ccc2[nH]nc(-c3ccccc3-c3ccccc3)c2c1. The van der Waals surface area contributed by atoms with Gasteiger partial charge >= 0.3 is 0 Å². The summed E-state index contributed by atoms with van der Waals surface area (Å²) in [4.78, 5) is -0.557. The van der Waals surface area contributed by atoms with Crippen LogP contribution in [-0.2, 0) is 19.9 Å². The summed E-state index contributed by atoms with van der Waals surface area (Å²) in [6, 6.07) is 28.4. The Morgan fingerprint density at radius 1 is 0.714 bits per heavy atom. The van der Waals surface area contributed by atoms with E-state index in [1.165, 1.54) is 24.3 Å². The lowest BCUT2D eigenvalue weighted by molar-refractivity contribution is 0.588. The quantitative estimate of drug-likeness (QED) is 0.335. The number of hydrogen-bond donors (Lipinski definition) is 2. The Morgan fingerprint density at radius 2 is 1.34 bits per heavy atom. The van der Waals surface area contributed by atoms with Gasteiger partial charge in [0.1, 0.15) is 10.6 Å². The number of nitrogens with one attached hydrogen (secondary N) is 2. The first-order chi connectivity index (χ1) is 16.7. The molecule has 35 heavy (non-hydrogen) atoms. The number of rotatable bonds is 6. The maximum Gasteiger partial charge on any atom is 0.263 e. The van der Waals surface area contributed by atoms with Gasteiger partial charge in [-0.1, -0.05) is 66.7 Å². The minimum Gasteiger partial charge on any atom is -0.280 e. The Morgan fingerprint density at radius 3 is 2.06 bits per heavy atom. The van der Waals surface area contributed by atoms with Crippen LogP contribution in [0.3, 0.4) is 0 Å². The van der Waals surface area contributed by atoms with Crippen LogP contribution in [0.15, 0.2) is 107 Å². The second kappa shape index (κ2) is 8.68. The zero-order valence-electron chi connectivity index (χ0n) is 18.6. The lowest BCUT2D eigenvalue weighted by Crippen LogP contribution is -2.16. The van der Waals surface area contributed by atoms with Crippen molar-refractivity contribution in [3.63, 3.8) is 0 Å². The standard InChI is InChI=1S/C26H21N3O4S2/c1-34(30,31)24-13-7-8-14-25(24)35(32,33)29-19-15-16-23-22(17-19)26(28-27-23)21-12-6-5-11-20(21)18-9-3-2-4-10-18/h2-17,29H,1H3,(H,27,28). The van der Waals surface area contributed by atoms with Crippen molar-refractivity contribution in [2.75, 3.05) is 11.0 Å². The first kappa shape index (κ1) is 22.8. The van der Waals surface area contributed by atoms with Crippen LogP contribution in [0.4, 0.5) is 5.69 Å². The van der Waals surface area contributed by atoms with Crippen molar-refractivity contribution < 1.29 is 16.8 Å². The predicted octanol–water partition coefficient (Wildman–Crippen LogP) is 5.10. The molecule has 0 fully saturated rings. The van der Waals surface area contributed by atoms with Crippen molar-refractivity contribution in [1.82, 2.24) is 10.2 Å². The molecule has 0 aliphatic carbocycles. The van der Waals surface area contributed by atoms with Crippen LogP contribution in [0.5, 0.6) is 0 Å². The molecule has 0 aliphatic rings. The van der Waals surface area contributed by atoms with Crippen molar-refractivity contribution in [3.8, 4) is 22.4 Å². The molecule has 0 radical (unpaired) electrons. The van der Waals surface area contributed by atoms with Gasteiger partial charge in [-0.2, -0.15) is 5.10 Å². The van der Waals surface area contributed by atoms with Crippen molar-refractivity contribution in [2.45, 2.75) is 9.79 Å². The molecule has 0 amide bonds. The van der Waals surface area contributed by atoms with E-state index >= 15 is 0 Å². The summed E-state index contributed by atoms with van der Waals surface area (Å²) in [6.07, 6.45) is 0.981. The van der Waals surface area contributed by atoms with Crippen LogP contribution in [-0.4, -0.2) is 33.3 Å². The highest BCUT2D eigenvalue weighted by molar-refractivity contribution is 7.95. The Bertz CT molecular complexity index is 1760. The molecule has 0 unspecified atom stereocenters. The number of aromatic nitrogens is 2. The third-order valence-electron chi connectivity index (χ3n) is 5.62. The van der Waals surface area contributed by atoms with Crippen molar-refractivity contribution in [1.29, 1.82) is 0 Å². The van der Waals surface area contributed by atoms with E-state index in [-0.39, 0.29) is 9.79 Å². The van der Waals surface area contributed by atoms with Gasteiger partial charge in [-0.15, -0.1) is 0 Å². The first-order valence-electron chi connectivity index (χ1n) is 10.7. The minimum absolute atomic E-state index is 0.255. The zero-order valence-corrected chi connectivity index (χ0v) is 20.3.